The lowest BCUT2D eigenvalue weighted by Crippen LogP contribution is -2.27. The van der Waals surface area contributed by atoms with Gasteiger partial charge in [-0.2, -0.15) is 0 Å². The maximum absolute atomic E-state index is 10.6. The third kappa shape index (κ3) is 4.07. The van der Waals surface area contributed by atoms with Crippen molar-refractivity contribution in [1.29, 1.82) is 0 Å². The monoisotopic (exact) mass is 278 g/mol. The molecule has 0 spiro atoms. The van der Waals surface area contributed by atoms with Gasteiger partial charge in [-0.3, -0.25) is 0 Å². The third-order valence-corrected chi connectivity index (χ3v) is 4.83. The van der Waals surface area contributed by atoms with Crippen LogP contribution in [0.4, 0.5) is 0 Å². The lowest BCUT2D eigenvalue weighted by molar-refractivity contribution is 0.0236. The zero-order chi connectivity index (χ0) is 15.2. The topological polar surface area (TPSA) is 40.5 Å². The Bertz CT molecular complexity index is 404. The van der Waals surface area contributed by atoms with Gasteiger partial charge in [0.25, 0.3) is 0 Å². The minimum atomic E-state index is -0.720. The molecule has 114 valence electrons. The van der Waals surface area contributed by atoms with E-state index in [1.54, 1.807) is 0 Å². The molecule has 0 aliphatic carbocycles. The maximum atomic E-state index is 10.6. The summed E-state index contributed by atoms with van der Waals surface area (Å²) in [4.78, 5) is 0. The zero-order valence-electron chi connectivity index (χ0n) is 13.4. The Kier molecular flexibility index (Phi) is 6.22. The van der Waals surface area contributed by atoms with Crippen molar-refractivity contribution in [2.24, 2.45) is 0 Å². The first-order valence-corrected chi connectivity index (χ1v) is 7.97. The van der Waals surface area contributed by atoms with Crippen molar-refractivity contribution < 1.29 is 10.2 Å². The molecular formula is C18H30O2. The van der Waals surface area contributed by atoms with E-state index in [1.165, 1.54) is 5.56 Å². The maximum Gasteiger partial charge on any atom is 0.0891 e. The van der Waals surface area contributed by atoms with Gasteiger partial charge in [-0.05, 0) is 49.7 Å². The number of hydrogen-bond acceptors (Lipinski definition) is 2. The van der Waals surface area contributed by atoms with Gasteiger partial charge < -0.3 is 10.2 Å². The zero-order valence-corrected chi connectivity index (χ0v) is 13.4. The Morgan fingerprint density at radius 1 is 0.900 bits per heavy atom. The molecular weight excluding hydrogens is 248 g/mol. The van der Waals surface area contributed by atoms with Crippen molar-refractivity contribution in [3.05, 3.63) is 35.4 Å². The lowest BCUT2D eigenvalue weighted by atomic mass is 9.85. The first-order valence-electron chi connectivity index (χ1n) is 7.97. The molecule has 0 bridgehead atoms. The first-order chi connectivity index (χ1) is 9.43. The van der Waals surface area contributed by atoms with Crippen molar-refractivity contribution in [2.75, 3.05) is 0 Å². The summed E-state index contributed by atoms with van der Waals surface area (Å²) in [5.41, 5.74) is 0.920. The highest BCUT2D eigenvalue weighted by Gasteiger charge is 2.25. The molecule has 2 nitrogen and oxygen atoms in total. The van der Waals surface area contributed by atoms with Crippen LogP contribution in [0.2, 0.25) is 0 Å². The summed E-state index contributed by atoms with van der Waals surface area (Å²) in [6.45, 7) is 8.10. The molecule has 0 aliphatic rings. The van der Waals surface area contributed by atoms with Crippen LogP contribution in [-0.4, -0.2) is 15.8 Å². The fourth-order valence-corrected chi connectivity index (χ4v) is 2.66. The minimum Gasteiger partial charge on any atom is -0.390 e. The van der Waals surface area contributed by atoms with Crippen LogP contribution in [0.25, 0.3) is 0 Å². The fraction of sp³-hybridized carbons (Fsp3) is 0.667. The van der Waals surface area contributed by atoms with Crippen LogP contribution in [0.1, 0.15) is 70.9 Å². The second-order valence-electron chi connectivity index (χ2n) is 5.87. The van der Waals surface area contributed by atoms with E-state index in [0.717, 1.165) is 44.1 Å². The summed E-state index contributed by atoms with van der Waals surface area (Å²) in [6.07, 6.45) is 4.66. The Balaban J connectivity index is 2.84. The molecule has 0 heterocycles. The van der Waals surface area contributed by atoms with E-state index in [-0.39, 0.29) is 0 Å². The van der Waals surface area contributed by atoms with Crippen molar-refractivity contribution in [3.63, 3.8) is 0 Å². The first kappa shape index (κ1) is 17.2. The molecule has 0 radical (unpaired) electrons. The summed E-state index contributed by atoms with van der Waals surface area (Å²) in [6, 6.07) is 8.19. The Morgan fingerprint density at radius 3 is 2.00 bits per heavy atom. The molecule has 1 aromatic carbocycles. The highest BCUT2D eigenvalue weighted by Crippen LogP contribution is 2.30. The number of benzene rings is 1. The smallest absolute Gasteiger partial charge is 0.0891 e. The number of rotatable bonds is 8. The molecule has 0 unspecified atom stereocenters. The van der Waals surface area contributed by atoms with Gasteiger partial charge in [0, 0.05) is 0 Å². The molecule has 0 saturated heterocycles. The van der Waals surface area contributed by atoms with Gasteiger partial charge in [0.1, 0.15) is 0 Å². The van der Waals surface area contributed by atoms with Crippen LogP contribution in [0.5, 0.6) is 0 Å². The molecule has 0 saturated carbocycles. The molecule has 1 aromatic rings. The van der Waals surface area contributed by atoms with E-state index < -0.39 is 11.2 Å². The number of hydrogen-bond donors (Lipinski definition) is 2. The summed E-state index contributed by atoms with van der Waals surface area (Å²) in [5.74, 6) is 0. The highest BCUT2D eigenvalue weighted by molar-refractivity contribution is 5.28. The highest BCUT2D eigenvalue weighted by atomic mass is 16.3. The molecule has 1 rings (SSSR count). The van der Waals surface area contributed by atoms with Crippen molar-refractivity contribution in [3.8, 4) is 0 Å². The summed E-state index contributed by atoms with van der Waals surface area (Å²) >= 11 is 0. The van der Waals surface area contributed by atoms with Crippen molar-refractivity contribution >= 4 is 0 Å². The average Bonchev–Trinajstić information content (AvgIpc) is 2.52. The second-order valence-corrected chi connectivity index (χ2v) is 5.87. The Labute approximate surface area is 123 Å². The van der Waals surface area contributed by atoms with Crippen LogP contribution in [0, 0.1) is 0 Å². The molecule has 0 atom stereocenters. The largest absolute Gasteiger partial charge is 0.390 e. The number of aliphatic hydroxyl groups is 2. The number of aryl methyl sites for hydroxylation is 1. The van der Waals surface area contributed by atoms with Gasteiger partial charge in [-0.25, -0.2) is 0 Å². The van der Waals surface area contributed by atoms with Gasteiger partial charge in [0.2, 0.25) is 0 Å². The molecule has 20 heavy (non-hydrogen) atoms. The van der Waals surface area contributed by atoms with Crippen molar-refractivity contribution in [2.45, 2.75) is 77.4 Å². The van der Waals surface area contributed by atoms with Crippen LogP contribution in [-0.2, 0) is 12.0 Å². The summed E-state index contributed by atoms with van der Waals surface area (Å²) in [5, 5.41) is 21.0. The van der Waals surface area contributed by atoms with Crippen LogP contribution < -0.4 is 0 Å². The van der Waals surface area contributed by atoms with Gasteiger partial charge in [0.05, 0.1) is 11.2 Å². The molecule has 2 N–H and O–H groups in total. The second kappa shape index (κ2) is 7.24. The molecule has 0 amide bonds. The van der Waals surface area contributed by atoms with Crippen LogP contribution in [0.3, 0.4) is 0 Å². The summed E-state index contributed by atoms with van der Waals surface area (Å²) in [7, 11) is 0. The van der Waals surface area contributed by atoms with Gasteiger partial charge in [-0.1, -0.05) is 52.0 Å². The molecule has 2 heteroatoms. The third-order valence-electron chi connectivity index (χ3n) is 4.83. The van der Waals surface area contributed by atoms with Crippen LogP contribution >= 0.6 is 0 Å². The minimum absolute atomic E-state index is 0.554. The molecule has 0 aromatic heterocycles. The van der Waals surface area contributed by atoms with Crippen LogP contribution in [0.15, 0.2) is 24.3 Å². The lowest BCUT2D eigenvalue weighted by Gasteiger charge is -2.27. The predicted octanol–water partition coefficient (Wildman–Crippen LogP) is 4.18. The van der Waals surface area contributed by atoms with E-state index in [2.05, 4.69) is 12.1 Å². The summed E-state index contributed by atoms with van der Waals surface area (Å²) < 4.78 is 0. The standard InChI is InChI=1S/C18H30O2/c1-5-17(19,6-2)13-12-15-10-9-11-16(14-15)18(20,7-3)8-4/h9-11,14,19-20H,5-8,12-13H2,1-4H3. The Hall–Kier alpha value is -0.860. The predicted molar refractivity (Wildman–Crippen MR) is 84.8 cm³/mol. The van der Waals surface area contributed by atoms with Crippen molar-refractivity contribution in [1.82, 2.24) is 0 Å². The van der Waals surface area contributed by atoms with E-state index in [0.29, 0.717) is 0 Å². The quantitative estimate of drug-likeness (QED) is 0.749. The molecule has 0 aliphatic heterocycles. The van der Waals surface area contributed by atoms with E-state index in [4.69, 9.17) is 0 Å². The van der Waals surface area contributed by atoms with Gasteiger partial charge in [-0.15, -0.1) is 0 Å². The van der Waals surface area contributed by atoms with E-state index >= 15 is 0 Å². The van der Waals surface area contributed by atoms with E-state index in [9.17, 15) is 10.2 Å². The SMILES string of the molecule is CCC(O)(CC)CCc1cccc(C(O)(CC)CC)c1. The van der Waals surface area contributed by atoms with Gasteiger partial charge in [0.15, 0.2) is 0 Å². The average molecular weight is 278 g/mol. The van der Waals surface area contributed by atoms with Gasteiger partial charge >= 0.3 is 0 Å². The normalized spacial score (nSPS) is 12.7. The van der Waals surface area contributed by atoms with E-state index in [1.807, 2.05) is 39.8 Å². The fourth-order valence-electron chi connectivity index (χ4n) is 2.66. The Morgan fingerprint density at radius 2 is 1.50 bits per heavy atom. The molecule has 0 fully saturated rings.